The average Bonchev–Trinajstić information content (AvgIpc) is 3.52. The van der Waals surface area contributed by atoms with E-state index in [1.54, 1.807) is 30.3 Å². The van der Waals surface area contributed by atoms with Gasteiger partial charge in [0.2, 0.25) is 0 Å². The molecule has 250 valence electrons. The second kappa shape index (κ2) is 16.4. The molecule has 1 aliphatic heterocycles. The van der Waals surface area contributed by atoms with Crippen LogP contribution < -0.4 is 25.4 Å². The van der Waals surface area contributed by atoms with Gasteiger partial charge < -0.3 is 34.9 Å². The zero-order chi connectivity index (χ0) is 33.2. The van der Waals surface area contributed by atoms with Crippen LogP contribution >= 0.6 is 0 Å². The summed E-state index contributed by atoms with van der Waals surface area (Å²) in [5.74, 6) is 1.48. The largest absolute Gasteiger partial charge is 0.490 e. The average molecular weight is 640 g/mol. The molecule has 0 atom stereocenters. The van der Waals surface area contributed by atoms with Gasteiger partial charge in [0, 0.05) is 65.3 Å². The molecule has 1 aliphatic rings. The van der Waals surface area contributed by atoms with E-state index >= 15 is 0 Å². The Morgan fingerprint density at radius 2 is 1.60 bits per heavy atom. The van der Waals surface area contributed by atoms with Gasteiger partial charge in [0.15, 0.2) is 11.5 Å². The fraction of sp³-hybridized carbons (Fsp3) is 0.421. The van der Waals surface area contributed by atoms with Crippen LogP contribution in [0.3, 0.4) is 0 Å². The first-order chi connectivity index (χ1) is 22.9. The summed E-state index contributed by atoms with van der Waals surface area (Å²) in [5.41, 5.74) is 3.08. The molecular weight excluding hydrogens is 590 g/mol. The number of hydrogen-bond acceptors (Lipinski definition) is 5. The summed E-state index contributed by atoms with van der Waals surface area (Å²) in [5, 5.41) is 9.93. The molecule has 9 nitrogen and oxygen atoms in total. The number of hydrogen-bond donors (Lipinski definition) is 3. The van der Waals surface area contributed by atoms with Crippen LogP contribution in [0, 0.1) is 0 Å². The number of piperidine rings is 1. The van der Waals surface area contributed by atoms with Gasteiger partial charge in [0.25, 0.3) is 5.91 Å². The van der Waals surface area contributed by atoms with E-state index in [0.717, 1.165) is 44.2 Å². The zero-order valence-electron chi connectivity index (χ0n) is 28.2. The summed E-state index contributed by atoms with van der Waals surface area (Å²) in [6.07, 6.45) is 8.72. The number of anilines is 2. The highest BCUT2D eigenvalue weighted by Crippen LogP contribution is 2.35. The van der Waals surface area contributed by atoms with Gasteiger partial charge in [-0.2, -0.15) is 0 Å². The number of ether oxygens (including phenoxy) is 2. The summed E-state index contributed by atoms with van der Waals surface area (Å²) in [7, 11) is 0. The maximum Gasteiger partial charge on any atom is 0.319 e. The van der Waals surface area contributed by atoms with E-state index in [-0.39, 0.29) is 18.0 Å². The van der Waals surface area contributed by atoms with Crippen LogP contribution in [0.2, 0.25) is 0 Å². The predicted molar refractivity (Wildman–Crippen MR) is 190 cm³/mol. The van der Waals surface area contributed by atoms with Crippen molar-refractivity contribution in [2.75, 3.05) is 36.9 Å². The van der Waals surface area contributed by atoms with Crippen molar-refractivity contribution in [3.8, 4) is 17.2 Å². The summed E-state index contributed by atoms with van der Waals surface area (Å²) >= 11 is 0. The third-order valence-corrected chi connectivity index (χ3v) is 8.92. The molecule has 4 aromatic rings. The SMILES string of the molecule is CCCCN1CCC(n2ccc3cc(C(=O)Nc4ccc(Oc5ccc(NC(=O)NC(CC)CC)cc5OCC)cc4)ccc32)CC1. The number of fused-ring (bicyclic) bond motifs is 1. The van der Waals surface area contributed by atoms with Crippen molar-refractivity contribution >= 4 is 34.2 Å². The fourth-order valence-electron chi connectivity index (χ4n) is 6.15. The molecular formula is C38H49N5O4. The highest BCUT2D eigenvalue weighted by Gasteiger charge is 2.21. The van der Waals surface area contributed by atoms with Crippen LogP contribution in [0.1, 0.15) is 82.6 Å². The van der Waals surface area contributed by atoms with E-state index in [2.05, 4.69) is 50.7 Å². The van der Waals surface area contributed by atoms with Gasteiger partial charge in [-0.3, -0.25) is 4.79 Å². The molecule has 1 fully saturated rings. The maximum absolute atomic E-state index is 13.2. The lowest BCUT2D eigenvalue weighted by Crippen LogP contribution is -2.37. The number of aromatic nitrogens is 1. The quantitative estimate of drug-likeness (QED) is 0.128. The smallest absolute Gasteiger partial charge is 0.319 e. The van der Waals surface area contributed by atoms with Crippen LogP contribution in [0.15, 0.2) is 72.9 Å². The van der Waals surface area contributed by atoms with Crippen LogP contribution in [-0.2, 0) is 0 Å². The summed E-state index contributed by atoms with van der Waals surface area (Å²) < 4.78 is 14.3. The second-order valence-corrected chi connectivity index (χ2v) is 12.2. The first kappa shape index (κ1) is 33.9. The molecule has 1 saturated heterocycles. The number of rotatable bonds is 14. The van der Waals surface area contributed by atoms with Gasteiger partial charge in [-0.15, -0.1) is 0 Å². The molecule has 3 aromatic carbocycles. The molecule has 2 heterocycles. The minimum absolute atomic E-state index is 0.126. The van der Waals surface area contributed by atoms with Crippen LogP contribution in [0.4, 0.5) is 16.2 Å². The van der Waals surface area contributed by atoms with Crippen molar-refractivity contribution in [3.63, 3.8) is 0 Å². The number of nitrogens with zero attached hydrogens (tertiary/aromatic N) is 2. The Labute approximate surface area is 278 Å². The van der Waals surface area contributed by atoms with E-state index in [0.29, 0.717) is 46.8 Å². The standard InChI is InChI=1S/C38H49N5O4/c1-5-9-21-42-22-19-32(20-23-42)43-24-18-27-25-28(10-16-34(27)43)37(44)39-30-11-14-33(15-12-30)47-35-17-13-31(26-36(35)46-8-4)41-38(45)40-29(6-2)7-3/h10-18,24-26,29,32H,5-9,19-23H2,1-4H3,(H,39,44)(H2,40,41,45). The van der Waals surface area contributed by atoms with E-state index in [4.69, 9.17) is 9.47 Å². The number of unbranched alkanes of at least 4 members (excludes halogenated alkanes) is 1. The molecule has 0 aliphatic carbocycles. The number of carbonyl (C=O) groups excluding carboxylic acids is 2. The molecule has 0 spiro atoms. The van der Waals surface area contributed by atoms with Crippen molar-refractivity contribution < 1.29 is 19.1 Å². The molecule has 3 N–H and O–H groups in total. The minimum atomic E-state index is -0.250. The highest BCUT2D eigenvalue weighted by molar-refractivity contribution is 6.06. The number of urea groups is 1. The van der Waals surface area contributed by atoms with Gasteiger partial charge in [-0.1, -0.05) is 27.2 Å². The highest BCUT2D eigenvalue weighted by atomic mass is 16.5. The number of nitrogens with one attached hydrogen (secondary N) is 3. The Balaban J connectivity index is 1.18. The Kier molecular flexibility index (Phi) is 11.8. The topological polar surface area (TPSA) is 96.9 Å². The summed E-state index contributed by atoms with van der Waals surface area (Å²) in [6, 6.07) is 21.0. The minimum Gasteiger partial charge on any atom is -0.490 e. The lowest BCUT2D eigenvalue weighted by atomic mass is 10.0. The first-order valence-corrected chi connectivity index (χ1v) is 17.2. The Hall–Kier alpha value is -4.50. The summed E-state index contributed by atoms with van der Waals surface area (Å²) in [4.78, 5) is 28.2. The third-order valence-electron chi connectivity index (χ3n) is 8.92. The zero-order valence-corrected chi connectivity index (χ0v) is 28.2. The van der Waals surface area contributed by atoms with Crippen LogP contribution in [0.5, 0.6) is 17.2 Å². The molecule has 0 bridgehead atoms. The molecule has 3 amide bonds. The molecule has 9 heteroatoms. The third kappa shape index (κ3) is 8.86. The van der Waals surface area contributed by atoms with Gasteiger partial charge in [0.1, 0.15) is 5.75 Å². The van der Waals surface area contributed by atoms with E-state index in [1.807, 2.05) is 45.0 Å². The van der Waals surface area contributed by atoms with Gasteiger partial charge in [-0.05, 0) is 106 Å². The molecule has 0 radical (unpaired) electrons. The first-order valence-electron chi connectivity index (χ1n) is 17.2. The van der Waals surface area contributed by atoms with E-state index in [9.17, 15) is 9.59 Å². The van der Waals surface area contributed by atoms with Crippen LogP contribution in [-0.4, -0.2) is 53.7 Å². The number of benzene rings is 3. The van der Waals surface area contributed by atoms with Crippen molar-refractivity contribution in [1.29, 1.82) is 0 Å². The van der Waals surface area contributed by atoms with Crippen molar-refractivity contribution in [3.05, 3.63) is 78.5 Å². The summed E-state index contributed by atoms with van der Waals surface area (Å²) in [6.45, 7) is 12.2. The van der Waals surface area contributed by atoms with Gasteiger partial charge in [0.05, 0.1) is 6.61 Å². The van der Waals surface area contributed by atoms with E-state index in [1.165, 1.54) is 24.9 Å². The van der Waals surface area contributed by atoms with Gasteiger partial charge >= 0.3 is 6.03 Å². The van der Waals surface area contributed by atoms with Gasteiger partial charge in [-0.25, -0.2) is 4.79 Å². The molecule has 0 saturated carbocycles. The molecule has 1 aromatic heterocycles. The van der Waals surface area contributed by atoms with E-state index < -0.39 is 0 Å². The van der Waals surface area contributed by atoms with Crippen LogP contribution in [0.25, 0.3) is 10.9 Å². The second-order valence-electron chi connectivity index (χ2n) is 12.2. The Morgan fingerprint density at radius 3 is 2.30 bits per heavy atom. The maximum atomic E-state index is 13.2. The normalized spacial score (nSPS) is 13.9. The molecule has 0 unspecified atom stereocenters. The monoisotopic (exact) mass is 639 g/mol. The lowest BCUT2D eigenvalue weighted by Gasteiger charge is -2.33. The Morgan fingerprint density at radius 1 is 0.851 bits per heavy atom. The van der Waals surface area contributed by atoms with Crippen molar-refractivity contribution in [2.24, 2.45) is 0 Å². The molecule has 47 heavy (non-hydrogen) atoms. The fourth-order valence-corrected chi connectivity index (χ4v) is 6.15. The van der Waals surface area contributed by atoms with Crippen molar-refractivity contribution in [1.82, 2.24) is 14.8 Å². The number of carbonyl (C=O) groups is 2. The van der Waals surface area contributed by atoms with Crippen molar-refractivity contribution in [2.45, 2.75) is 78.3 Å². The molecule has 5 rings (SSSR count). The Bertz CT molecular complexity index is 1620. The lowest BCUT2D eigenvalue weighted by molar-refractivity contribution is 0.102. The predicted octanol–water partition coefficient (Wildman–Crippen LogP) is 8.83. The number of likely N-dealkylation sites (tertiary alicyclic amines) is 1. The number of amides is 3.